The first-order valence-electron chi connectivity index (χ1n) is 5.50. The molecule has 1 aliphatic heterocycles. The van der Waals surface area contributed by atoms with Crippen molar-refractivity contribution in [1.29, 1.82) is 0 Å². The molecule has 78 valence electrons. The molecule has 1 nitrogen and oxygen atoms in total. The molecule has 1 saturated heterocycles. The Kier molecular flexibility index (Phi) is 5.12. The summed E-state index contributed by atoms with van der Waals surface area (Å²) in [6.07, 6.45) is 3.94. The Morgan fingerprint density at radius 2 is 1.92 bits per heavy atom. The number of halogens is 1. The number of hydrogen-bond acceptors (Lipinski definition) is 1. The van der Waals surface area contributed by atoms with Crippen LogP contribution in [0.5, 0.6) is 0 Å². The second-order valence-corrected chi connectivity index (χ2v) is 4.99. The van der Waals surface area contributed by atoms with Crippen molar-refractivity contribution in [3.8, 4) is 0 Å². The van der Waals surface area contributed by atoms with Gasteiger partial charge in [-0.3, -0.25) is 0 Å². The molecule has 2 heteroatoms. The Bertz CT molecular complexity index is 128. The van der Waals surface area contributed by atoms with Crippen LogP contribution in [0, 0.1) is 11.8 Å². The molecule has 0 atom stereocenters. The number of piperidine rings is 1. The monoisotopic (exact) mass is 203 g/mol. The zero-order valence-corrected chi connectivity index (χ0v) is 9.69. The van der Waals surface area contributed by atoms with Crippen LogP contribution in [0.25, 0.3) is 0 Å². The fraction of sp³-hybridized carbons (Fsp3) is 1.00. The summed E-state index contributed by atoms with van der Waals surface area (Å²) in [7, 11) is 0. The lowest BCUT2D eigenvalue weighted by molar-refractivity contribution is 0.166. The van der Waals surface area contributed by atoms with E-state index in [1.807, 2.05) is 0 Å². The van der Waals surface area contributed by atoms with E-state index in [0.717, 1.165) is 17.7 Å². The Morgan fingerprint density at radius 1 is 1.31 bits per heavy atom. The van der Waals surface area contributed by atoms with Gasteiger partial charge in [0.05, 0.1) is 0 Å². The standard InChI is InChI=1S/C11H22ClN/c1-10(2)9-13-7-4-11(3-6-12)5-8-13/h10-11H,3-9H2,1-2H3. The van der Waals surface area contributed by atoms with Crippen LogP contribution < -0.4 is 0 Å². The second kappa shape index (κ2) is 5.87. The molecule has 0 unspecified atom stereocenters. The highest BCUT2D eigenvalue weighted by Gasteiger charge is 2.18. The highest BCUT2D eigenvalue weighted by atomic mass is 35.5. The lowest BCUT2D eigenvalue weighted by Gasteiger charge is -2.32. The van der Waals surface area contributed by atoms with Gasteiger partial charge in [0.25, 0.3) is 0 Å². The van der Waals surface area contributed by atoms with Crippen molar-refractivity contribution in [3.05, 3.63) is 0 Å². The average molecular weight is 204 g/mol. The topological polar surface area (TPSA) is 3.24 Å². The van der Waals surface area contributed by atoms with Crippen LogP contribution in [-0.2, 0) is 0 Å². The van der Waals surface area contributed by atoms with E-state index in [1.54, 1.807) is 0 Å². The van der Waals surface area contributed by atoms with Crippen molar-refractivity contribution in [3.63, 3.8) is 0 Å². The maximum atomic E-state index is 5.74. The van der Waals surface area contributed by atoms with Gasteiger partial charge in [0.15, 0.2) is 0 Å². The van der Waals surface area contributed by atoms with Gasteiger partial charge in [-0.15, -0.1) is 11.6 Å². The highest BCUT2D eigenvalue weighted by molar-refractivity contribution is 6.17. The van der Waals surface area contributed by atoms with Gasteiger partial charge in [-0.05, 0) is 44.2 Å². The fourth-order valence-electron chi connectivity index (χ4n) is 2.13. The minimum Gasteiger partial charge on any atom is -0.303 e. The molecule has 0 aromatic rings. The molecule has 0 bridgehead atoms. The smallest absolute Gasteiger partial charge is 0.0226 e. The summed E-state index contributed by atoms with van der Waals surface area (Å²) in [6.45, 7) is 8.45. The number of likely N-dealkylation sites (tertiary alicyclic amines) is 1. The Labute approximate surface area is 87.4 Å². The van der Waals surface area contributed by atoms with Crippen LogP contribution in [0.3, 0.4) is 0 Å². The second-order valence-electron chi connectivity index (χ2n) is 4.62. The van der Waals surface area contributed by atoms with Gasteiger partial charge in [-0.25, -0.2) is 0 Å². The van der Waals surface area contributed by atoms with E-state index >= 15 is 0 Å². The molecule has 13 heavy (non-hydrogen) atoms. The molecule has 0 aromatic heterocycles. The molecule has 0 aromatic carbocycles. The summed E-state index contributed by atoms with van der Waals surface area (Å²) in [6, 6.07) is 0. The molecular weight excluding hydrogens is 182 g/mol. The lowest BCUT2D eigenvalue weighted by atomic mass is 9.94. The third kappa shape index (κ3) is 4.33. The first-order chi connectivity index (χ1) is 6.22. The quantitative estimate of drug-likeness (QED) is 0.636. The summed E-state index contributed by atoms with van der Waals surface area (Å²) in [5.74, 6) is 2.56. The normalized spacial score (nSPS) is 21.2. The molecule has 0 spiro atoms. The van der Waals surface area contributed by atoms with E-state index < -0.39 is 0 Å². The molecule has 0 amide bonds. The minimum atomic E-state index is 0.810. The molecule has 0 aliphatic carbocycles. The molecule has 0 N–H and O–H groups in total. The number of rotatable bonds is 4. The molecule has 1 fully saturated rings. The van der Waals surface area contributed by atoms with E-state index in [-0.39, 0.29) is 0 Å². The summed E-state index contributed by atoms with van der Waals surface area (Å²) < 4.78 is 0. The van der Waals surface area contributed by atoms with Gasteiger partial charge in [-0.1, -0.05) is 13.8 Å². The third-order valence-electron chi connectivity index (χ3n) is 2.85. The number of nitrogens with zero attached hydrogens (tertiary/aromatic N) is 1. The van der Waals surface area contributed by atoms with Crippen molar-refractivity contribution >= 4 is 11.6 Å². The van der Waals surface area contributed by atoms with E-state index in [0.29, 0.717) is 0 Å². The predicted octanol–water partition coefficient (Wildman–Crippen LogP) is 2.98. The van der Waals surface area contributed by atoms with Crippen LogP contribution in [-0.4, -0.2) is 30.4 Å². The summed E-state index contributed by atoms with van der Waals surface area (Å²) in [5, 5.41) is 0. The van der Waals surface area contributed by atoms with Crippen LogP contribution in [0.4, 0.5) is 0 Å². The fourth-order valence-corrected chi connectivity index (χ4v) is 2.44. The highest BCUT2D eigenvalue weighted by Crippen LogP contribution is 2.21. The van der Waals surface area contributed by atoms with Crippen molar-refractivity contribution in [2.45, 2.75) is 33.1 Å². The van der Waals surface area contributed by atoms with Gasteiger partial charge in [0, 0.05) is 12.4 Å². The zero-order valence-electron chi connectivity index (χ0n) is 8.93. The van der Waals surface area contributed by atoms with Crippen molar-refractivity contribution in [1.82, 2.24) is 4.90 Å². The van der Waals surface area contributed by atoms with E-state index in [1.165, 1.54) is 38.9 Å². The van der Waals surface area contributed by atoms with Crippen LogP contribution in [0.2, 0.25) is 0 Å². The first kappa shape index (κ1) is 11.3. The number of hydrogen-bond donors (Lipinski definition) is 0. The summed E-state index contributed by atoms with van der Waals surface area (Å²) in [5.41, 5.74) is 0. The first-order valence-corrected chi connectivity index (χ1v) is 6.04. The summed E-state index contributed by atoms with van der Waals surface area (Å²) >= 11 is 5.74. The van der Waals surface area contributed by atoms with Gasteiger partial charge in [0.1, 0.15) is 0 Å². The number of alkyl halides is 1. The van der Waals surface area contributed by atoms with Crippen molar-refractivity contribution in [2.75, 3.05) is 25.5 Å². The zero-order chi connectivity index (χ0) is 9.68. The average Bonchev–Trinajstić information content (AvgIpc) is 2.08. The van der Waals surface area contributed by atoms with Crippen molar-refractivity contribution in [2.24, 2.45) is 11.8 Å². The summed E-state index contributed by atoms with van der Waals surface area (Å²) in [4.78, 5) is 2.59. The lowest BCUT2D eigenvalue weighted by Crippen LogP contribution is -2.36. The molecule has 1 heterocycles. The van der Waals surface area contributed by atoms with Crippen LogP contribution in [0.1, 0.15) is 33.1 Å². The Balaban J connectivity index is 2.15. The van der Waals surface area contributed by atoms with Gasteiger partial charge >= 0.3 is 0 Å². The van der Waals surface area contributed by atoms with Gasteiger partial charge in [0.2, 0.25) is 0 Å². The molecular formula is C11H22ClN. The van der Waals surface area contributed by atoms with Crippen molar-refractivity contribution < 1.29 is 0 Å². The minimum absolute atomic E-state index is 0.810. The maximum absolute atomic E-state index is 5.74. The Morgan fingerprint density at radius 3 is 2.38 bits per heavy atom. The van der Waals surface area contributed by atoms with E-state index in [9.17, 15) is 0 Å². The van der Waals surface area contributed by atoms with Crippen LogP contribution in [0.15, 0.2) is 0 Å². The SMILES string of the molecule is CC(C)CN1CCC(CCCl)CC1. The van der Waals surface area contributed by atoms with Gasteiger partial charge < -0.3 is 4.90 Å². The molecule has 1 rings (SSSR count). The molecule has 0 radical (unpaired) electrons. The van der Waals surface area contributed by atoms with Crippen LogP contribution >= 0.6 is 11.6 Å². The third-order valence-corrected chi connectivity index (χ3v) is 3.07. The van der Waals surface area contributed by atoms with Gasteiger partial charge in [-0.2, -0.15) is 0 Å². The van der Waals surface area contributed by atoms with E-state index in [2.05, 4.69) is 18.7 Å². The molecule has 0 saturated carbocycles. The Hall–Kier alpha value is 0.250. The predicted molar refractivity (Wildman–Crippen MR) is 59.3 cm³/mol. The van der Waals surface area contributed by atoms with E-state index in [4.69, 9.17) is 11.6 Å². The largest absolute Gasteiger partial charge is 0.303 e. The molecule has 1 aliphatic rings. The maximum Gasteiger partial charge on any atom is 0.0226 e.